The molecule has 0 aliphatic carbocycles. The van der Waals surface area contributed by atoms with Crippen LogP contribution < -0.4 is 16.0 Å². The number of anilines is 2. The van der Waals surface area contributed by atoms with Crippen molar-refractivity contribution in [2.75, 3.05) is 17.2 Å². The van der Waals surface area contributed by atoms with Gasteiger partial charge in [-0.2, -0.15) is 0 Å². The standard InChI is InChI=1S/C16H16FN3O2/c1-11-4-2-6-13(8-11)19-15(21)10-18-16(22)20-14-7-3-5-12(17)9-14/h2-9H,10H2,1H3,(H,19,21)(H2,18,20,22). The fourth-order valence-corrected chi connectivity index (χ4v) is 1.83. The van der Waals surface area contributed by atoms with E-state index < -0.39 is 11.8 Å². The van der Waals surface area contributed by atoms with Gasteiger partial charge in [-0.15, -0.1) is 0 Å². The predicted molar refractivity (Wildman–Crippen MR) is 83.2 cm³/mol. The summed E-state index contributed by atoms with van der Waals surface area (Å²) in [7, 11) is 0. The molecule has 5 nitrogen and oxygen atoms in total. The maximum Gasteiger partial charge on any atom is 0.319 e. The highest BCUT2D eigenvalue weighted by atomic mass is 19.1. The summed E-state index contributed by atoms with van der Waals surface area (Å²) in [5.41, 5.74) is 2.00. The summed E-state index contributed by atoms with van der Waals surface area (Å²) in [5, 5.41) is 7.51. The number of hydrogen-bond acceptors (Lipinski definition) is 2. The van der Waals surface area contributed by atoms with E-state index in [2.05, 4.69) is 16.0 Å². The summed E-state index contributed by atoms with van der Waals surface area (Å²) in [6.07, 6.45) is 0. The second kappa shape index (κ2) is 7.21. The Morgan fingerprint density at radius 2 is 1.68 bits per heavy atom. The molecule has 0 atom stereocenters. The average Bonchev–Trinajstić information content (AvgIpc) is 2.45. The van der Waals surface area contributed by atoms with Gasteiger partial charge in [0, 0.05) is 11.4 Å². The number of carbonyl (C=O) groups excluding carboxylic acids is 2. The molecule has 2 aromatic carbocycles. The topological polar surface area (TPSA) is 70.2 Å². The van der Waals surface area contributed by atoms with E-state index in [4.69, 9.17) is 0 Å². The van der Waals surface area contributed by atoms with Crippen molar-refractivity contribution in [3.63, 3.8) is 0 Å². The molecular formula is C16H16FN3O2. The smallest absolute Gasteiger partial charge is 0.319 e. The van der Waals surface area contributed by atoms with Gasteiger partial charge in [0.25, 0.3) is 0 Å². The monoisotopic (exact) mass is 301 g/mol. The molecule has 0 saturated heterocycles. The van der Waals surface area contributed by atoms with E-state index >= 15 is 0 Å². The lowest BCUT2D eigenvalue weighted by Gasteiger charge is -2.09. The molecule has 0 fully saturated rings. The quantitative estimate of drug-likeness (QED) is 0.812. The molecule has 0 aromatic heterocycles. The zero-order valence-corrected chi connectivity index (χ0v) is 12.0. The number of rotatable bonds is 4. The molecule has 0 aliphatic rings. The Kier molecular flexibility index (Phi) is 5.08. The lowest BCUT2D eigenvalue weighted by atomic mass is 10.2. The molecular weight excluding hydrogens is 285 g/mol. The van der Waals surface area contributed by atoms with Crippen LogP contribution in [0.25, 0.3) is 0 Å². The summed E-state index contributed by atoms with van der Waals surface area (Å²) >= 11 is 0. The highest BCUT2D eigenvalue weighted by molar-refractivity contribution is 5.96. The van der Waals surface area contributed by atoms with Crippen LogP contribution in [0.1, 0.15) is 5.56 Å². The fraction of sp³-hybridized carbons (Fsp3) is 0.125. The van der Waals surface area contributed by atoms with Gasteiger partial charge >= 0.3 is 6.03 Å². The van der Waals surface area contributed by atoms with Gasteiger partial charge in [0.15, 0.2) is 0 Å². The second-order valence-electron chi connectivity index (χ2n) is 4.74. The van der Waals surface area contributed by atoms with Crippen molar-refractivity contribution in [2.24, 2.45) is 0 Å². The molecule has 0 saturated carbocycles. The molecule has 6 heteroatoms. The first-order valence-corrected chi connectivity index (χ1v) is 6.70. The first-order valence-electron chi connectivity index (χ1n) is 6.70. The molecule has 3 amide bonds. The summed E-state index contributed by atoms with van der Waals surface area (Å²) in [6.45, 7) is 1.73. The van der Waals surface area contributed by atoms with Crippen LogP contribution in [0, 0.1) is 12.7 Å². The Bertz CT molecular complexity index is 629. The maximum atomic E-state index is 13.0. The van der Waals surface area contributed by atoms with E-state index in [9.17, 15) is 14.0 Å². The van der Waals surface area contributed by atoms with Gasteiger partial charge in [0.2, 0.25) is 5.91 Å². The normalized spacial score (nSPS) is 9.91. The van der Waals surface area contributed by atoms with Crippen LogP contribution in [0.4, 0.5) is 20.6 Å². The molecule has 0 heterocycles. The highest BCUT2D eigenvalue weighted by Crippen LogP contribution is 2.09. The van der Waals surface area contributed by atoms with E-state index in [1.807, 2.05) is 25.1 Å². The van der Waals surface area contributed by atoms with Crippen molar-refractivity contribution in [3.05, 3.63) is 59.9 Å². The van der Waals surface area contributed by atoms with Crippen LogP contribution in [0.5, 0.6) is 0 Å². The van der Waals surface area contributed by atoms with Crippen LogP contribution in [0.2, 0.25) is 0 Å². The van der Waals surface area contributed by atoms with Gasteiger partial charge in [-0.05, 0) is 42.8 Å². The Morgan fingerprint density at radius 3 is 2.36 bits per heavy atom. The zero-order valence-electron chi connectivity index (χ0n) is 12.0. The minimum atomic E-state index is -0.579. The van der Waals surface area contributed by atoms with Crippen LogP contribution in [0.15, 0.2) is 48.5 Å². The number of hydrogen-bond donors (Lipinski definition) is 3. The van der Waals surface area contributed by atoms with Crippen molar-refractivity contribution in [1.82, 2.24) is 5.32 Å². The van der Waals surface area contributed by atoms with E-state index in [-0.39, 0.29) is 12.5 Å². The lowest BCUT2D eigenvalue weighted by molar-refractivity contribution is -0.115. The van der Waals surface area contributed by atoms with Crippen molar-refractivity contribution >= 4 is 23.3 Å². The van der Waals surface area contributed by atoms with Crippen molar-refractivity contribution < 1.29 is 14.0 Å². The SMILES string of the molecule is Cc1cccc(NC(=O)CNC(=O)Nc2cccc(F)c2)c1. The van der Waals surface area contributed by atoms with Crippen molar-refractivity contribution in [2.45, 2.75) is 6.92 Å². The minimum Gasteiger partial charge on any atom is -0.329 e. The number of aryl methyl sites for hydroxylation is 1. The minimum absolute atomic E-state index is 0.185. The second-order valence-corrected chi connectivity index (χ2v) is 4.74. The number of benzene rings is 2. The molecule has 114 valence electrons. The van der Waals surface area contributed by atoms with E-state index in [0.29, 0.717) is 11.4 Å². The van der Waals surface area contributed by atoms with Gasteiger partial charge in [-0.3, -0.25) is 4.79 Å². The molecule has 2 rings (SSSR count). The third-order valence-corrected chi connectivity index (χ3v) is 2.79. The van der Waals surface area contributed by atoms with Gasteiger partial charge in [0.05, 0.1) is 6.54 Å². The van der Waals surface area contributed by atoms with Crippen LogP contribution in [0.3, 0.4) is 0 Å². The fourth-order valence-electron chi connectivity index (χ4n) is 1.83. The molecule has 0 bridgehead atoms. The molecule has 22 heavy (non-hydrogen) atoms. The molecule has 3 N–H and O–H groups in total. The maximum absolute atomic E-state index is 13.0. The van der Waals surface area contributed by atoms with Crippen molar-refractivity contribution in [3.8, 4) is 0 Å². The first kappa shape index (κ1) is 15.5. The molecule has 0 radical (unpaired) electrons. The molecule has 0 aliphatic heterocycles. The number of halogens is 1. The summed E-state index contributed by atoms with van der Waals surface area (Å²) in [6, 6.07) is 12.2. The van der Waals surface area contributed by atoms with Crippen LogP contribution >= 0.6 is 0 Å². The highest BCUT2D eigenvalue weighted by Gasteiger charge is 2.06. The van der Waals surface area contributed by atoms with Gasteiger partial charge < -0.3 is 16.0 Å². The predicted octanol–water partition coefficient (Wildman–Crippen LogP) is 2.89. The average molecular weight is 301 g/mol. The van der Waals surface area contributed by atoms with E-state index in [1.165, 1.54) is 18.2 Å². The number of nitrogens with one attached hydrogen (secondary N) is 3. The zero-order chi connectivity index (χ0) is 15.9. The molecule has 2 aromatic rings. The van der Waals surface area contributed by atoms with Gasteiger partial charge in [-0.25, -0.2) is 9.18 Å². The number of carbonyl (C=O) groups is 2. The first-order chi connectivity index (χ1) is 10.5. The van der Waals surface area contributed by atoms with E-state index in [0.717, 1.165) is 5.56 Å². The van der Waals surface area contributed by atoms with Gasteiger partial charge in [-0.1, -0.05) is 18.2 Å². The van der Waals surface area contributed by atoms with Crippen LogP contribution in [-0.2, 0) is 4.79 Å². The largest absolute Gasteiger partial charge is 0.329 e. The van der Waals surface area contributed by atoms with Crippen LogP contribution in [-0.4, -0.2) is 18.5 Å². The number of urea groups is 1. The van der Waals surface area contributed by atoms with Crippen molar-refractivity contribution in [1.29, 1.82) is 0 Å². The Balaban J connectivity index is 1.79. The van der Waals surface area contributed by atoms with E-state index in [1.54, 1.807) is 12.1 Å². The lowest BCUT2D eigenvalue weighted by Crippen LogP contribution is -2.35. The Hall–Kier alpha value is -2.89. The Labute approximate surface area is 127 Å². The van der Waals surface area contributed by atoms with Gasteiger partial charge in [0.1, 0.15) is 5.82 Å². The third kappa shape index (κ3) is 4.90. The summed E-state index contributed by atoms with van der Waals surface area (Å²) < 4.78 is 13.0. The third-order valence-electron chi connectivity index (χ3n) is 2.79. The Morgan fingerprint density at radius 1 is 1.00 bits per heavy atom. The molecule has 0 unspecified atom stereocenters. The molecule has 0 spiro atoms. The summed E-state index contributed by atoms with van der Waals surface area (Å²) in [4.78, 5) is 23.3. The summed E-state index contributed by atoms with van der Waals surface area (Å²) in [5.74, 6) is -0.796. The number of amides is 3.